The Morgan fingerprint density at radius 3 is 2.79 bits per heavy atom. The van der Waals surface area contributed by atoms with Crippen molar-refractivity contribution < 1.29 is 4.42 Å². The van der Waals surface area contributed by atoms with Gasteiger partial charge in [0.15, 0.2) is 16.1 Å². The van der Waals surface area contributed by atoms with Crippen LogP contribution in [0.5, 0.6) is 0 Å². The normalized spacial score (nSPS) is 14.0. The number of hydrogen-bond acceptors (Lipinski definition) is 6. The van der Waals surface area contributed by atoms with E-state index in [0.29, 0.717) is 5.02 Å². The average molecular weight is 474 g/mol. The fraction of sp³-hybridized carbons (Fsp3) is 0.160. The van der Waals surface area contributed by atoms with Gasteiger partial charge in [0.05, 0.1) is 23.3 Å². The Labute approximate surface area is 200 Å². The molecule has 5 aromatic rings. The lowest BCUT2D eigenvalue weighted by Gasteiger charge is -2.27. The van der Waals surface area contributed by atoms with Crippen LogP contribution in [0.25, 0.3) is 22.4 Å². The van der Waals surface area contributed by atoms with Crippen molar-refractivity contribution in [2.24, 2.45) is 0 Å². The average Bonchev–Trinajstić information content (AvgIpc) is 3.45. The van der Waals surface area contributed by atoms with Gasteiger partial charge in [0.25, 0.3) is 0 Å². The van der Waals surface area contributed by atoms with Crippen molar-refractivity contribution in [3.63, 3.8) is 0 Å². The Balaban J connectivity index is 1.12. The Kier molecular flexibility index (Phi) is 5.38. The van der Waals surface area contributed by atoms with Crippen LogP contribution in [0.4, 0.5) is 0 Å². The fourth-order valence-electron chi connectivity index (χ4n) is 4.04. The number of imidazole rings is 1. The van der Waals surface area contributed by atoms with E-state index in [1.165, 1.54) is 17.3 Å². The van der Waals surface area contributed by atoms with Gasteiger partial charge in [0.2, 0.25) is 0 Å². The molecular weight excluding hydrogens is 454 g/mol. The molecular formula is C25H20ClN5OS. The molecule has 1 aliphatic heterocycles. The molecule has 0 radical (unpaired) electrons. The molecule has 0 spiro atoms. The van der Waals surface area contributed by atoms with Crippen LogP contribution in [0.2, 0.25) is 5.02 Å². The van der Waals surface area contributed by atoms with Gasteiger partial charge in [-0.05, 0) is 60.3 Å². The predicted molar refractivity (Wildman–Crippen MR) is 129 cm³/mol. The molecule has 0 saturated heterocycles. The van der Waals surface area contributed by atoms with E-state index in [1.54, 1.807) is 0 Å². The molecule has 0 bridgehead atoms. The minimum atomic E-state index is 0.712. The van der Waals surface area contributed by atoms with Crippen LogP contribution in [0.15, 0.2) is 81.5 Å². The van der Waals surface area contributed by atoms with Gasteiger partial charge in [-0.25, -0.2) is 15.0 Å². The minimum Gasteiger partial charge on any atom is -0.453 e. The summed E-state index contributed by atoms with van der Waals surface area (Å²) >= 11 is 7.50. The van der Waals surface area contributed by atoms with Crippen LogP contribution in [-0.4, -0.2) is 31.4 Å². The summed E-state index contributed by atoms with van der Waals surface area (Å²) in [5.41, 5.74) is 5.25. The number of fused-ring (bicyclic) bond motifs is 2. The Morgan fingerprint density at radius 2 is 1.91 bits per heavy atom. The van der Waals surface area contributed by atoms with Gasteiger partial charge in [0.1, 0.15) is 5.76 Å². The largest absolute Gasteiger partial charge is 0.453 e. The van der Waals surface area contributed by atoms with Gasteiger partial charge in [-0.1, -0.05) is 23.7 Å². The van der Waals surface area contributed by atoms with Crippen molar-refractivity contribution in [1.82, 2.24) is 24.8 Å². The van der Waals surface area contributed by atoms with E-state index >= 15 is 0 Å². The highest BCUT2D eigenvalue weighted by atomic mass is 35.5. The Bertz CT molecular complexity index is 1400. The van der Waals surface area contributed by atoms with E-state index in [4.69, 9.17) is 21.0 Å². The summed E-state index contributed by atoms with van der Waals surface area (Å²) in [5, 5.41) is 2.37. The molecule has 33 heavy (non-hydrogen) atoms. The standard InChI is InChI=1S/C25H20ClN5OS/c26-18-7-5-16(6-8-18)24-27-13-17-14-31(12-11-20(17)28-24)15-19-9-10-23(32-19)33-25-29-21-3-1-2-4-22(21)30-25/h1-10,13H,11-12,14-15H2,(H,29,30). The molecule has 1 aliphatic rings. The van der Waals surface area contributed by atoms with Gasteiger partial charge in [-0.15, -0.1) is 0 Å². The van der Waals surface area contributed by atoms with Crippen LogP contribution >= 0.6 is 23.4 Å². The first-order valence-electron chi connectivity index (χ1n) is 10.7. The van der Waals surface area contributed by atoms with Crippen molar-refractivity contribution in [3.8, 4) is 11.4 Å². The fourth-order valence-corrected chi connectivity index (χ4v) is 4.95. The topological polar surface area (TPSA) is 70.8 Å². The molecule has 4 heterocycles. The molecule has 164 valence electrons. The minimum absolute atomic E-state index is 0.712. The number of furan rings is 1. The SMILES string of the molecule is Clc1ccc(-c2ncc3c(n2)CCN(Cc2ccc(Sc4nc5ccccc5[nH]4)o2)C3)cc1. The molecule has 0 saturated carbocycles. The van der Waals surface area contributed by atoms with Crippen LogP contribution in [0.3, 0.4) is 0 Å². The zero-order chi connectivity index (χ0) is 22.2. The molecule has 1 N–H and O–H groups in total. The van der Waals surface area contributed by atoms with Crippen molar-refractivity contribution in [2.75, 3.05) is 6.54 Å². The maximum absolute atomic E-state index is 6.08. The van der Waals surface area contributed by atoms with Crippen molar-refractivity contribution in [2.45, 2.75) is 29.8 Å². The summed E-state index contributed by atoms with van der Waals surface area (Å²) < 4.78 is 6.08. The summed E-state index contributed by atoms with van der Waals surface area (Å²) in [6, 6.07) is 19.7. The number of hydrogen-bond donors (Lipinski definition) is 1. The van der Waals surface area contributed by atoms with Gasteiger partial charge in [-0.3, -0.25) is 4.90 Å². The molecule has 0 amide bonds. The smallest absolute Gasteiger partial charge is 0.174 e. The highest BCUT2D eigenvalue weighted by Crippen LogP contribution is 2.30. The Morgan fingerprint density at radius 1 is 1.03 bits per heavy atom. The number of nitrogens with zero attached hydrogens (tertiary/aromatic N) is 4. The number of nitrogens with one attached hydrogen (secondary N) is 1. The van der Waals surface area contributed by atoms with Crippen LogP contribution in [0.1, 0.15) is 17.0 Å². The molecule has 0 atom stereocenters. The van der Waals surface area contributed by atoms with Gasteiger partial charge in [0, 0.05) is 41.9 Å². The van der Waals surface area contributed by atoms with E-state index in [0.717, 1.165) is 70.2 Å². The summed E-state index contributed by atoms with van der Waals surface area (Å²) in [5.74, 6) is 1.69. The lowest BCUT2D eigenvalue weighted by molar-refractivity contribution is 0.218. The maximum Gasteiger partial charge on any atom is 0.174 e. The Hall–Kier alpha value is -3.13. The zero-order valence-electron chi connectivity index (χ0n) is 17.7. The van der Waals surface area contributed by atoms with Gasteiger partial charge < -0.3 is 9.40 Å². The zero-order valence-corrected chi connectivity index (χ0v) is 19.2. The van der Waals surface area contributed by atoms with E-state index in [1.807, 2.05) is 66.9 Å². The number of halogens is 1. The third kappa shape index (κ3) is 4.39. The van der Waals surface area contributed by atoms with Gasteiger partial charge >= 0.3 is 0 Å². The first kappa shape index (κ1) is 20.5. The number of aromatic amines is 1. The van der Waals surface area contributed by atoms with Crippen molar-refractivity contribution in [3.05, 3.63) is 88.9 Å². The number of para-hydroxylation sites is 2. The highest BCUT2D eigenvalue weighted by Gasteiger charge is 2.20. The second kappa shape index (κ2) is 8.67. The van der Waals surface area contributed by atoms with E-state index in [2.05, 4.69) is 19.9 Å². The summed E-state index contributed by atoms with van der Waals surface area (Å²) in [4.78, 5) is 19.7. The molecule has 6 nitrogen and oxygen atoms in total. The first-order chi connectivity index (χ1) is 16.2. The maximum atomic E-state index is 6.08. The quantitative estimate of drug-likeness (QED) is 0.339. The second-order valence-corrected chi connectivity index (χ2v) is 9.44. The van der Waals surface area contributed by atoms with E-state index in [9.17, 15) is 0 Å². The molecule has 0 unspecified atom stereocenters. The summed E-state index contributed by atoms with van der Waals surface area (Å²) in [6.07, 6.45) is 2.84. The lowest BCUT2D eigenvalue weighted by atomic mass is 10.1. The second-order valence-electron chi connectivity index (χ2n) is 8.02. The number of aromatic nitrogens is 4. The molecule has 2 aromatic carbocycles. The monoisotopic (exact) mass is 473 g/mol. The molecule has 3 aromatic heterocycles. The lowest BCUT2D eigenvalue weighted by Crippen LogP contribution is -2.30. The number of rotatable bonds is 5. The van der Waals surface area contributed by atoms with E-state index in [-0.39, 0.29) is 0 Å². The van der Waals surface area contributed by atoms with Gasteiger partial charge in [-0.2, -0.15) is 0 Å². The van der Waals surface area contributed by atoms with Crippen LogP contribution in [-0.2, 0) is 19.5 Å². The number of H-pyrrole nitrogens is 1. The van der Waals surface area contributed by atoms with E-state index < -0.39 is 0 Å². The highest BCUT2D eigenvalue weighted by molar-refractivity contribution is 7.99. The van der Waals surface area contributed by atoms with Crippen molar-refractivity contribution >= 4 is 34.4 Å². The third-order valence-corrected chi connectivity index (χ3v) is 6.76. The molecule has 6 rings (SSSR count). The third-order valence-electron chi connectivity index (χ3n) is 5.70. The number of benzene rings is 2. The predicted octanol–water partition coefficient (Wildman–Crippen LogP) is 5.98. The molecule has 8 heteroatoms. The van der Waals surface area contributed by atoms with Crippen LogP contribution < -0.4 is 0 Å². The summed E-state index contributed by atoms with van der Waals surface area (Å²) in [6.45, 7) is 2.48. The van der Waals surface area contributed by atoms with Crippen molar-refractivity contribution in [1.29, 1.82) is 0 Å². The summed E-state index contributed by atoms with van der Waals surface area (Å²) in [7, 11) is 0. The molecule has 0 aliphatic carbocycles. The first-order valence-corrected chi connectivity index (χ1v) is 11.9. The van der Waals surface area contributed by atoms with Crippen LogP contribution in [0, 0.1) is 0 Å². The molecule has 0 fully saturated rings.